The van der Waals surface area contributed by atoms with E-state index in [9.17, 15) is 13.2 Å². The van der Waals surface area contributed by atoms with E-state index < -0.39 is 17.2 Å². The summed E-state index contributed by atoms with van der Waals surface area (Å²) >= 11 is 0. The van der Waals surface area contributed by atoms with Gasteiger partial charge in [0.2, 0.25) is 5.95 Å². The molecule has 1 saturated carbocycles. The van der Waals surface area contributed by atoms with Gasteiger partial charge in [0.1, 0.15) is 11.4 Å². The molecule has 1 aliphatic carbocycles. The number of halogens is 3. The third kappa shape index (κ3) is 3.87. The second-order valence-electron chi connectivity index (χ2n) is 6.34. The van der Waals surface area contributed by atoms with Crippen molar-refractivity contribution < 1.29 is 13.2 Å². The smallest absolute Gasteiger partial charge is 0.368 e. The van der Waals surface area contributed by atoms with Crippen LogP contribution in [0.3, 0.4) is 0 Å². The Hall–Kier alpha value is -2.82. The van der Waals surface area contributed by atoms with Gasteiger partial charge in [-0.1, -0.05) is 25.1 Å². The maximum absolute atomic E-state index is 13.2. The maximum atomic E-state index is 13.2. The minimum absolute atomic E-state index is 0.0724. The fourth-order valence-corrected chi connectivity index (χ4v) is 2.59. The number of para-hydroxylation sites is 1. The number of hydrogen-bond acceptors (Lipinski definition) is 5. The van der Waals surface area contributed by atoms with Gasteiger partial charge in [0.15, 0.2) is 0 Å². The first kappa shape index (κ1) is 18.0. The van der Waals surface area contributed by atoms with Crippen molar-refractivity contribution in [3.05, 3.63) is 41.6 Å². The van der Waals surface area contributed by atoms with Gasteiger partial charge in [-0.05, 0) is 30.9 Å². The van der Waals surface area contributed by atoms with E-state index in [2.05, 4.69) is 26.7 Å². The molecule has 3 rings (SSSR count). The lowest BCUT2D eigenvalue weighted by Gasteiger charge is -2.16. The third-order valence-corrected chi connectivity index (χ3v) is 4.42. The first-order valence-corrected chi connectivity index (χ1v) is 8.31. The van der Waals surface area contributed by atoms with Crippen molar-refractivity contribution in [2.24, 2.45) is 5.41 Å². The van der Waals surface area contributed by atoms with Gasteiger partial charge in [-0.15, -0.1) is 0 Å². The molecule has 136 valence electrons. The Labute approximate surface area is 149 Å². The Morgan fingerprint density at radius 1 is 1.27 bits per heavy atom. The minimum atomic E-state index is -4.58. The van der Waals surface area contributed by atoms with Crippen LogP contribution in [0.4, 0.5) is 30.6 Å². The van der Waals surface area contributed by atoms with Crippen LogP contribution in [0.15, 0.2) is 30.5 Å². The minimum Gasteiger partial charge on any atom is -0.368 e. The quantitative estimate of drug-likeness (QED) is 0.791. The van der Waals surface area contributed by atoms with Gasteiger partial charge in [0.25, 0.3) is 0 Å². The van der Waals surface area contributed by atoms with Crippen LogP contribution >= 0.6 is 0 Å². The first-order valence-electron chi connectivity index (χ1n) is 8.31. The van der Waals surface area contributed by atoms with E-state index in [1.807, 2.05) is 31.2 Å². The number of nitrogens with zero attached hydrogens (tertiary/aromatic N) is 3. The molecule has 0 bridgehead atoms. The topological polar surface area (TPSA) is 73.6 Å². The van der Waals surface area contributed by atoms with Gasteiger partial charge in [0.05, 0.1) is 11.5 Å². The van der Waals surface area contributed by atoms with E-state index >= 15 is 0 Å². The molecule has 26 heavy (non-hydrogen) atoms. The van der Waals surface area contributed by atoms with Gasteiger partial charge < -0.3 is 10.6 Å². The number of rotatable bonds is 6. The molecule has 8 heteroatoms. The van der Waals surface area contributed by atoms with Crippen LogP contribution in [0, 0.1) is 16.7 Å². The standard InChI is InChI=1S/C18H18F3N5/c1-2-12-5-3-4-6-14(12)25-16-23-9-13(18(19,20)21)15(26-16)24-11-17(10-22)7-8-17/h3-6,9H,2,7-8,11H2,1H3,(H2,23,24,25,26). The molecule has 1 aromatic carbocycles. The predicted octanol–water partition coefficient (Wildman–Crippen LogP) is 4.52. The molecule has 0 unspecified atom stereocenters. The van der Waals surface area contributed by atoms with Gasteiger partial charge in [-0.25, -0.2) is 4.98 Å². The normalized spacial score (nSPS) is 15.2. The molecule has 2 aromatic rings. The van der Waals surface area contributed by atoms with Gasteiger partial charge in [-0.3, -0.25) is 0 Å². The number of anilines is 3. The lowest BCUT2D eigenvalue weighted by atomic mass is 10.1. The molecule has 0 atom stereocenters. The second kappa shape index (κ2) is 6.83. The highest BCUT2D eigenvalue weighted by molar-refractivity contribution is 5.60. The monoisotopic (exact) mass is 361 g/mol. The van der Waals surface area contributed by atoms with Crippen molar-refractivity contribution in [1.82, 2.24) is 9.97 Å². The number of aryl methyl sites for hydroxylation is 1. The van der Waals surface area contributed by atoms with Crippen molar-refractivity contribution >= 4 is 17.5 Å². The van der Waals surface area contributed by atoms with E-state index in [1.54, 1.807) is 0 Å². The highest BCUT2D eigenvalue weighted by Crippen LogP contribution is 2.45. The zero-order valence-corrected chi connectivity index (χ0v) is 14.2. The summed E-state index contributed by atoms with van der Waals surface area (Å²) in [6, 6.07) is 9.61. The van der Waals surface area contributed by atoms with Gasteiger partial charge in [-0.2, -0.15) is 23.4 Å². The number of nitriles is 1. The molecule has 5 nitrogen and oxygen atoms in total. The third-order valence-electron chi connectivity index (χ3n) is 4.42. The lowest BCUT2D eigenvalue weighted by molar-refractivity contribution is -0.137. The molecule has 0 spiro atoms. The summed E-state index contributed by atoms with van der Waals surface area (Å²) in [5.41, 5.74) is 0.222. The van der Waals surface area contributed by atoms with Crippen molar-refractivity contribution in [1.29, 1.82) is 5.26 Å². The molecular weight excluding hydrogens is 343 g/mol. The summed E-state index contributed by atoms with van der Waals surface area (Å²) < 4.78 is 39.7. The molecular formula is C18H18F3N5. The van der Waals surface area contributed by atoms with Crippen LogP contribution in [-0.4, -0.2) is 16.5 Å². The number of hydrogen-bond donors (Lipinski definition) is 2. The predicted molar refractivity (Wildman–Crippen MR) is 91.9 cm³/mol. The van der Waals surface area contributed by atoms with Crippen molar-refractivity contribution in [3.8, 4) is 6.07 Å². The SMILES string of the molecule is CCc1ccccc1Nc1ncc(C(F)(F)F)c(NCC2(C#N)CC2)n1. The average Bonchev–Trinajstić information content (AvgIpc) is 3.40. The largest absolute Gasteiger partial charge is 0.421 e. The Balaban J connectivity index is 1.88. The fraction of sp³-hybridized carbons (Fsp3) is 0.389. The van der Waals surface area contributed by atoms with Crippen LogP contribution in [0.25, 0.3) is 0 Å². The molecule has 0 aliphatic heterocycles. The fourth-order valence-electron chi connectivity index (χ4n) is 2.59. The number of aromatic nitrogens is 2. The van der Waals surface area contributed by atoms with E-state index in [4.69, 9.17) is 5.26 Å². The van der Waals surface area contributed by atoms with Crippen LogP contribution in [-0.2, 0) is 12.6 Å². The van der Waals surface area contributed by atoms with Gasteiger partial charge in [0, 0.05) is 18.4 Å². The lowest BCUT2D eigenvalue weighted by Crippen LogP contribution is -2.19. The Morgan fingerprint density at radius 3 is 2.62 bits per heavy atom. The van der Waals surface area contributed by atoms with Gasteiger partial charge >= 0.3 is 6.18 Å². The van der Waals surface area contributed by atoms with Crippen LogP contribution < -0.4 is 10.6 Å². The molecule has 1 aliphatic rings. The zero-order chi connectivity index (χ0) is 18.8. The first-order chi connectivity index (χ1) is 12.4. The highest BCUT2D eigenvalue weighted by Gasteiger charge is 2.44. The number of nitrogens with one attached hydrogen (secondary N) is 2. The Morgan fingerprint density at radius 2 is 2.00 bits per heavy atom. The van der Waals surface area contributed by atoms with E-state index in [-0.39, 0.29) is 18.3 Å². The zero-order valence-electron chi connectivity index (χ0n) is 14.2. The van der Waals surface area contributed by atoms with Crippen LogP contribution in [0.2, 0.25) is 0 Å². The summed E-state index contributed by atoms with van der Waals surface area (Å²) in [5.74, 6) is -0.242. The summed E-state index contributed by atoms with van der Waals surface area (Å²) in [5, 5.41) is 14.8. The Kier molecular flexibility index (Phi) is 4.72. The van der Waals surface area contributed by atoms with E-state index in [0.29, 0.717) is 12.8 Å². The molecule has 0 radical (unpaired) electrons. The number of benzene rings is 1. The molecule has 1 fully saturated rings. The van der Waals surface area contributed by atoms with Crippen LogP contribution in [0.5, 0.6) is 0 Å². The summed E-state index contributed by atoms with van der Waals surface area (Å²) in [6.45, 7) is 2.12. The molecule has 1 heterocycles. The van der Waals surface area contributed by atoms with Crippen molar-refractivity contribution in [3.63, 3.8) is 0 Å². The van der Waals surface area contributed by atoms with Crippen molar-refractivity contribution in [2.75, 3.05) is 17.2 Å². The number of alkyl halides is 3. The summed E-state index contributed by atoms with van der Waals surface area (Å²) in [7, 11) is 0. The molecule has 1 aromatic heterocycles. The van der Waals surface area contributed by atoms with Crippen LogP contribution in [0.1, 0.15) is 30.9 Å². The average molecular weight is 361 g/mol. The van der Waals surface area contributed by atoms with E-state index in [0.717, 1.165) is 23.9 Å². The molecule has 0 saturated heterocycles. The highest BCUT2D eigenvalue weighted by atomic mass is 19.4. The maximum Gasteiger partial charge on any atom is 0.421 e. The molecule has 2 N–H and O–H groups in total. The van der Waals surface area contributed by atoms with E-state index in [1.165, 1.54) is 0 Å². The van der Waals surface area contributed by atoms with Crippen molar-refractivity contribution in [2.45, 2.75) is 32.4 Å². The second-order valence-corrected chi connectivity index (χ2v) is 6.34. The Bertz CT molecular complexity index is 837. The molecule has 0 amide bonds. The summed E-state index contributed by atoms with van der Waals surface area (Å²) in [4.78, 5) is 7.82. The summed E-state index contributed by atoms with van der Waals surface area (Å²) in [6.07, 6.45) is -1.70.